The average molecular weight is 320 g/mol. The highest BCUT2D eigenvalue weighted by Crippen LogP contribution is 2.32. The lowest BCUT2D eigenvalue weighted by atomic mass is 9.94. The lowest BCUT2D eigenvalue weighted by Crippen LogP contribution is -2.43. The molecule has 0 unspecified atom stereocenters. The minimum atomic E-state index is -1.04. The number of nitrogens with zero attached hydrogens (tertiary/aromatic N) is 1. The molecule has 0 aliphatic carbocycles. The van der Waals surface area contributed by atoms with Crippen molar-refractivity contribution in [2.24, 2.45) is 5.92 Å². The molecule has 0 spiro atoms. The molecule has 0 bridgehead atoms. The number of rotatable bonds is 4. The first kappa shape index (κ1) is 15.5. The molecule has 2 heterocycles. The Morgan fingerprint density at radius 2 is 2.13 bits per heavy atom. The fourth-order valence-corrected chi connectivity index (χ4v) is 3.28. The maximum atomic E-state index is 13.3. The second-order valence-corrected chi connectivity index (χ2v) is 5.85. The van der Waals surface area contributed by atoms with E-state index in [1.165, 1.54) is 12.1 Å². The number of carbonyl (C=O) groups is 2. The van der Waals surface area contributed by atoms with Crippen LogP contribution in [0.4, 0.5) is 4.39 Å². The molecule has 23 heavy (non-hydrogen) atoms. The number of aromatic amines is 1. The first-order valence-electron chi connectivity index (χ1n) is 7.43. The van der Waals surface area contributed by atoms with Gasteiger partial charge in [-0.15, -0.1) is 0 Å². The van der Waals surface area contributed by atoms with Gasteiger partial charge in [-0.2, -0.15) is 0 Å². The first-order valence-corrected chi connectivity index (χ1v) is 7.43. The van der Waals surface area contributed by atoms with Gasteiger partial charge in [0.25, 0.3) is 0 Å². The van der Waals surface area contributed by atoms with E-state index in [9.17, 15) is 24.2 Å². The highest BCUT2D eigenvalue weighted by molar-refractivity contribution is 5.89. The normalized spacial score (nSPS) is 20.5. The van der Waals surface area contributed by atoms with Crippen LogP contribution in [0.5, 0.6) is 0 Å². The molecule has 3 N–H and O–H groups in total. The highest BCUT2D eigenvalue weighted by Gasteiger charge is 2.35. The van der Waals surface area contributed by atoms with E-state index >= 15 is 0 Å². The van der Waals surface area contributed by atoms with Crippen molar-refractivity contribution in [1.82, 2.24) is 9.88 Å². The summed E-state index contributed by atoms with van der Waals surface area (Å²) in [5.41, 5.74) is 1.05. The van der Waals surface area contributed by atoms with Gasteiger partial charge in [0, 0.05) is 29.2 Å². The number of nitrogens with one attached hydrogen (secondary N) is 1. The fraction of sp³-hybridized carbons (Fsp3) is 0.375. The first-order chi connectivity index (χ1) is 11.0. The van der Waals surface area contributed by atoms with Gasteiger partial charge < -0.3 is 15.2 Å². The summed E-state index contributed by atoms with van der Waals surface area (Å²) in [5.74, 6) is -2.91. The topological polar surface area (TPSA) is 93.6 Å². The lowest BCUT2D eigenvalue weighted by Gasteiger charge is -2.34. The van der Waals surface area contributed by atoms with E-state index in [0.29, 0.717) is 35.9 Å². The van der Waals surface area contributed by atoms with Gasteiger partial charge in [0.05, 0.1) is 5.92 Å². The van der Waals surface area contributed by atoms with E-state index in [1.807, 2.05) is 0 Å². The van der Waals surface area contributed by atoms with Crippen molar-refractivity contribution in [3.05, 3.63) is 35.8 Å². The molecule has 6 nitrogen and oxygen atoms in total. The molecule has 1 aliphatic heterocycles. The third kappa shape index (κ3) is 2.92. The number of aliphatic carboxylic acids is 2. The van der Waals surface area contributed by atoms with E-state index in [1.54, 1.807) is 17.2 Å². The van der Waals surface area contributed by atoms with Gasteiger partial charge in [0.15, 0.2) is 0 Å². The minimum Gasteiger partial charge on any atom is -0.481 e. The molecule has 3 rings (SSSR count). The molecule has 1 aromatic carbocycles. The Morgan fingerprint density at radius 1 is 1.35 bits per heavy atom. The quantitative estimate of drug-likeness (QED) is 0.803. The molecular formula is C16H17FN2O4. The zero-order valence-electron chi connectivity index (χ0n) is 12.3. The fourth-order valence-electron chi connectivity index (χ4n) is 3.28. The third-order valence-corrected chi connectivity index (χ3v) is 4.37. The number of aromatic nitrogens is 1. The molecule has 2 aromatic rings. The summed E-state index contributed by atoms with van der Waals surface area (Å²) >= 11 is 0. The van der Waals surface area contributed by atoms with Gasteiger partial charge >= 0.3 is 11.9 Å². The Labute approximate surface area is 131 Å². The van der Waals surface area contributed by atoms with Crippen molar-refractivity contribution in [2.75, 3.05) is 13.1 Å². The van der Waals surface area contributed by atoms with Crippen molar-refractivity contribution in [1.29, 1.82) is 0 Å². The largest absolute Gasteiger partial charge is 0.481 e. The van der Waals surface area contributed by atoms with Crippen molar-refractivity contribution in [2.45, 2.75) is 18.9 Å². The van der Waals surface area contributed by atoms with E-state index in [2.05, 4.69) is 4.98 Å². The Balaban J connectivity index is 1.97. The summed E-state index contributed by atoms with van der Waals surface area (Å²) < 4.78 is 13.3. The minimum absolute atomic E-state index is 0.195. The number of H-pyrrole nitrogens is 1. The number of fused-ring (bicyclic) bond motifs is 1. The summed E-state index contributed by atoms with van der Waals surface area (Å²) in [6, 6.07) is 3.20. The number of benzene rings is 1. The predicted molar refractivity (Wildman–Crippen MR) is 80.6 cm³/mol. The number of carboxylic acid groups (broad SMARTS) is 2. The SMILES string of the molecule is O=C(O)[C@@H]1CCCN([C@@H](C(=O)O)c2c[nH]c3cc(F)ccc23)C1. The highest BCUT2D eigenvalue weighted by atomic mass is 19.1. The molecule has 2 atom stereocenters. The summed E-state index contributed by atoms with van der Waals surface area (Å²) in [7, 11) is 0. The molecule has 7 heteroatoms. The van der Waals surface area contributed by atoms with Crippen LogP contribution in [0.1, 0.15) is 24.4 Å². The monoisotopic (exact) mass is 320 g/mol. The molecule has 1 aromatic heterocycles. The third-order valence-electron chi connectivity index (χ3n) is 4.37. The number of hydrogen-bond acceptors (Lipinski definition) is 3. The zero-order valence-corrected chi connectivity index (χ0v) is 12.3. The van der Waals surface area contributed by atoms with Gasteiger partial charge in [-0.3, -0.25) is 14.5 Å². The Bertz CT molecular complexity index is 758. The molecule has 1 saturated heterocycles. The number of carboxylic acids is 2. The smallest absolute Gasteiger partial charge is 0.325 e. The summed E-state index contributed by atoms with van der Waals surface area (Å²) in [4.78, 5) is 27.6. The number of likely N-dealkylation sites (tertiary alicyclic amines) is 1. The second kappa shape index (κ2) is 6.00. The average Bonchev–Trinajstić information content (AvgIpc) is 2.90. The Hall–Kier alpha value is -2.41. The van der Waals surface area contributed by atoms with E-state index in [4.69, 9.17) is 0 Å². The summed E-state index contributed by atoms with van der Waals surface area (Å²) in [6.07, 6.45) is 2.75. The number of piperidine rings is 1. The van der Waals surface area contributed by atoms with Gasteiger partial charge in [0.2, 0.25) is 0 Å². The van der Waals surface area contributed by atoms with Gasteiger partial charge in [-0.1, -0.05) is 0 Å². The molecule has 122 valence electrons. The van der Waals surface area contributed by atoms with Crippen molar-refractivity contribution in [3.8, 4) is 0 Å². The Morgan fingerprint density at radius 3 is 2.83 bits per heavy atom. The van der Waals surface area contributed by atoms with Crippen molar-refractivity contribution in [3.63, 3.8) is 0 Å². The number of halogens is 1. The van der Waals surface area contributed by atoms with Crippen LogP contribution >= 0.6 is 0 Å². The van der Waals surface area contributed by atoms with Crippen LogP contribution in [0, 0.1) is 11.7 Å². The molecule has 1 aliphatic rings. The lowest BCUT2D eigenvalue weighted by molar-refractivity contribution is -0.149. The van der Waals surface area contributed by atoms with Crippen molar-refractivity contribution < 1.29 is 24.2 Å². The summed E-state index contributed by atoms with van der Waals surface area (Å²) in [5, 5.41) is 19.5. The van der Waals surface area contributed by atoms with Crippen LogP contribution in [-0.2, 0) is 9.59 Å². The molecule has 0 radical (unpaired) electrons. The van der Waals surface area contributed by atoms with Crippen LogP contribution in [0.25, 0.3) is 10.9 Å². The molecule has 0 amide bonds. The van der Waals surface area contributed by atoms with E-state index in [0.717, 1.165) is 0 Å². The van der Waals surface area contributed by atoms with Gasteiger partial charge in [0.1, 0.15) is 11.9 Å². The van der Waals surface area contributed by atoms with Gasteiger partial charge in [-0.25, -0.2) is 4.39 Å². The van der Waals surface area contributed by atoms with Crippen LogP contribution in [-0.4, -0.2) is 45.1 Å². The summed E-state index contributed by atoms with van der Waals surface area (Å²) in [6.45, 7) is 0.717. The standard InChI is InChI=1S/C16H17FN2O4/c17-10-3-4-11-12(7-18-13(11)6-10)14(16(22)23)19-5-1-2-9(8-19)15(20)21/h3-4,6-7,9,14,18H,1-2,5,8H2,(H,20,21)(H,22,23)/t9-,14-/m1/s1. The maximum absolute atomic E-state index is 13.3. The Kier molecular flexibility index (Phi) is 4.04. The molecular weight excluding hydrogens is 303 g/mol. The van der Waals surface area contributed by atoms with Crippen LogP contribution in [0.15, 0.2) is 24.4 Å². The molecule has 1 fully saturated rings. The van der Waals surface area contributed by atoms with E-state index in [-0.39, 0.29) is 6.54 Å². The number of hydrogen-bond donors (Lipinski definition) is 3. The maximum Gasteiger partial charge on any atom is 0.325 e. The molecule has 0 saturated carbocycles. The predicted octanol–water partition coefficient (Wildman–Crippen LogP) is 2.23. The van der Waals surface area contributed by atoms with Crippen LogP contribution in [0.3, 0.4) is 0 Å². The van der Waals surface area contributed by atoms with Crippen LogP contribution < -0.4 is 0 Å². The van der Waals surface area contributed by atoms with Crippen molar-refractivity contribution >= 4 is 22.8 Å². The van der Waals surface area contributed by atoms with Gasteiger partial charge in [-0.05, 0) is 37.6 Å². The zero-order chi connectivity index (χ0) is 16.6. The van der Waals surface area contributed by atoms with E-state index < -0.39 is 29.7 Å². The second-order valence-electron chi connectivity index (χ2n) is 5.85. The van der Waals surface area contributed by atoms with Crippen LogP contribution in [0.2, 0.25) is 0 Å².